The minimum atomic E-state index is -1.04. The van der Waals surface area contributed by atoms with Crippen LogP contribution in [0.4, 0.5) is 0 Å². The molecule has 3 N–H and O–H groups in total. The van der Waals surface area contributed by atoms with Crippen molar-refractivity contribution in [3.63, 3.8) is 0 Å². The number of benzene rings is 4. The molecule has 8 bridgehead atoms. The third-order valence-electron chi connectivity index (χ3n) is 11.4. The van der Waals surface area contributed by atoms with Crippen molar-refractivity contribution in [3.8, 4) is 79.0 Å². The van der Waals surface area contributed by atoms with E-state index >= 15 is 0 Å². The normalized spacial score (nSPS) is 11.6. The lowest BCUT2D eigenvalue weighted by Gasteiger charge is -2.15. The van der Waals surface area contributed by atoms with E-state index in [9.17, 15) is 19.8 Å². The number of carbonyl (C=O) groups is 2. The van der Waals surface area contributed by atoms with E-state index in [0.717, 1.165) is 42.8 Å². The van der Waals surface area contributed by atoms with Gasteiger partial charge in [-0.25, -0.2) is 19.6 Å². The Kier molecular flexibility index (Phi) is 11.5. The van der Waals surface area contributed by atoms with Gasteiger partial charge >= 0.3 is 11.9 Å². The Morgan fingerprint density at radius 3 is 1.08 bits per heavy atom. The van der Waals surface area contributed by atoms with E-state index in [1.54, 1.807) is 91.2 Å². The summed E-state index contributed by atoms with van der Waals surface area (Å²) in [6.45, 7) is 0. The first-order valence-corrected chi connectivity index (χ1v) is 21.2. The number of nitrogens with one attached hydrogen (secondary N) is 1. The van der Waals surface area contributed by atoms with Crippen molar-refractivity contribution in [1.29, 1.82) is 0 Å². The number of hydrogen-bond donors (Lipinski definition) is 3. The lowest BCUT2D eigenvalue weighted by atomic mass is 10.0. The van der Waals surface area contributed by atoms with Crippen LogP contribution in [0.2, 0.25) is 0 Å². The molecule has 330 valence electrons. The smallest absolute Gasteiger partial charge is 0.335 e. The van der Waals surface area contributed by atoms with Crippen molar-refractivity contribution in [1.82, 2.24) is 15.0 Å². The van der Waals surface area contributed by atoms with Crippen LogP contribution < -0.4 is 28.4 Å². The van der Waals surface area contributed by atoms with Crippen LogP contribution in [-0.4, -0.2) is 79.8 Å². The van der Waals surface area contributed by atoms with Crippen molar-refractivity contribution < 1.29 is 48.2 Å². The molecule has 0 atom stereocenters. The van der Waals surface area contributed by atoms with Gasteiger partial charge in [-0.15, -0.1) is 11.3 Å². The Hall–Kier alpha value is -8.36. The summed E-state index contributed by atoms with van der Waals surface area (Å²) < 4.78 is 36.5. The third kappa shape index (κ3) is 7.62. The Balaban J connectivity index is 1.47. The second kappa shape index (κ2) is 17.7. The molecule has 3 aromatic heterocycles. The Labute approximate surface area is 382 Å². The summed E-state index contributed by atoms with van der Waals surface area (Å²) >= 11 is 1.53. The standard InChI is InChI=1S/C52H41N3O10S/c1-60-39-23-31(24-40(61-2)49(39)64-5)47-37-19-17-35(54-37)45(27-7-11-29(12-8-27)51(56)57)33-15-16-34(53-33)46(28-9-13-30(14-10-28)52(58)59)36-18-20-38(55-36)48(44-22-21-43(47)66-44)32-25-41(62-3)50(65-6)42(26-32)63-4/h7-26,53H,1-6H3,(H,56,57)(H,58,59). The number of thiophene rings is 1. The molecule has 2 aliphatic rings. The second-order valence-electron chi connectivity index (χ2n) is 15.0. The van der Waals surface area contributed by atoms with Gasteiger partial charge in [0.25, 0.3) is 0 Å². The maximum atomic E-state index is 12.0. The maximum absolute atomic E-state index is 12.0. The summed E-state index contributed by atoms with van der Waals surface area (Å²) in [5.74, 6) is 0.638. The first-order chi connectivity index (χ1) is 32.1. The zero-order chi connectivity index (χ0) is 46.2. The molecule has 0 fully saturated rings. The molecule has 2 aliphatic heterocycles. The highest BCUT2D eigenvalue weighted by atomic mass is 32.1. The lowest BCUT2D eigenvalue weighted by Crippen LogP contribution is -1.96. The van der Waals surface area contributed by atoms with E-state index in [1.165, 1.54) is 11.3 Å². The molecule has 0 saturated heterocycles. The molecule has 13 nitrogen and oxygen atoms in total. The van der Waals surface area contributed by atoms with Crippen LogP contribution in [0, 0.1) is 0 Å². The predicted molar refractivity (Wildman–Crippen MR) is 257 cm³/mol. The number of aromatic carboxylic acids is 2. The topological polar surface area (TPSA) is 172 Å². The number of H-pyrrole nitrogens is 1. The van der Waals surface area contributed by atoms with Crippen LogP contribution in [0.5, 0.6) is 34.5 Å². The van der Waals surface area contributed by atoms with Crippen molar-refractivity contribution in [3.05, 3.63) is 131 Å². The number of carboxylic acid groups (broad SMARTS) is 2. The number of fused-ring (bicyclic) bond motifs is 8. The van der Waals surface area contributed by atoms with E-state index in [4.69, 9.17) is 38.4 Å². The van der Waals surface area contributed by atoms with Gasteiger partial charge in [-0.2, -0.15) is 0 Å². The summed E-state index contributed by atoms with van der Waals surface area (Å²) in [5.41, 5.74) is 10.1. The first kappa shape index (κ1) is 42.9. The summed E-state index contributed by atoms with van der Waals surface area (Å²) in [6, 6.07) is 28.9. The molecule has 0 spiro atoms. The fraction of sp³-hybridized carbons (Fsp3) is 0.115. The van der Waals surface area contributed by atoms with Gasteiger partial charge in [0.15, 0.2) is 23.0 Å². The van der Waals surface area contributed by atoms with E-state index in [-0.39, 0.29) is 11.1 Å². The lowest BCUT2D eigenvalue weighted by molar-refractivity contribution is 0.0686. The molecule has 5 heterocycles. The zero-order valence-corrected chi connectivity index (χ0v) is 37.3. The number of carboxylic acids is 2. The number of rotatable bonds is 12. The molecule has 0 amide bonds. The summed E-state index contributed by atoms with van der Waals surface area (Å²) in [6.07, 6.45) is 7.79. The van der Waals surface area contributed by atoms with Crippen LogP contribution in [-0.2, 0) is 0 Å². The highest BCUT2D eigenvalue weighted by Crippen LogP contribution is 2.48. The van der Waals surface area contributed by atoms with Gasteiger partial charge in [-0.3, -0.25) is 0 Å². The highest BCUT2D eigenvalue weighted by molar-refractivity contribution is 7.24. The molecule has 0 unspecified atom stereocenters. The Morgan fingerprint density at radius 2 is 0.773 bits per heavy atom. The average Bonchev–Trinajstić information content (AvgIpc) is 4.19. The number of ether oxygens (including phenoxy) is 6. The van der Waals surface area contributed by atoms with Crippen LogP contribution in [0.25, 0.3) is 89.2 Å². The number of aromatic nitrogens is 3. The SMILES string of the molecule is COc1cc(-c2c3nc(c(-c4ccc(C(=O)O)cc4)c4ccc([nH]4)c(-c4ccc(C(=O)O)cc4)c4nc(c(-c5cc(OC)c(OC)c(OC)c5)c5ccc2s5)C=C4)C=C3)cc(OC)c1OC. The molecule has 0 saturated carbocycles. The molecular formula is C52H41N3O10S. The fourth-order valence-electron chi connectivity index (χ4n) is 8.30. The molecule has 9 rings (SSSR count). The van der Waals surface area contributed by atoms with Crippen LogP contribution in [0.1, 0.15) is 43.5 Å². The minimum Gasteiger partial charge on any atom is -0.493 e. The van der Waals surface area contributed by atoms with Crippen molar-refractivity contribution in [2.24, 2.45) is 0 Å². The fourth-order valence-corrected chi connectivity index (χ4v) is 9.46. The molecule has 4 aromatic carbocycles. The molecule has 0 radical (unpaired) electrons. The van der Waals surface area contributed by atoms with E-state index in [0.29, 0.717) is 79.4 Å². The van der Waals surface area contributed by atoms with E-state index < -0.39 is 11.9 Å². The molecular weight excluding hydrogens is 859 g/mol. The minimum absolute atomic E-state index is 0.142. The number of nitrogens with zero attached hydrogens (tertiary/aromatic N) is 2. The quantitative estimate of drug-likeness (QED) is 0.106. The molecule has 66 heavy (non-hydrogen) atoms. The van der Waals surface area contributed by atoms with Gasteiger partial charge in [0.2, 0.25) is 11.5 Å². The second-order valence-corrected chi connectivity index (χ2v) is 16.1. The van der Waals surface area contributed by atoms with Gasteiger partial charge in [-0.05, 0) is 119 Å². The Morgan fingerprint density at radius 1 is 0.439 bits per heavy atom. The highest BCUT2D eigenvalue weighted by Gasteiger charge is 2.23. The van der Waals surface area contributed by atoms with Crippen molar-refractivity contribution >= 4 is 68.0 Å². The maximum Gasteiger partial charge on any atom is 0.335 e. The van der Waals surface area contributed by atoms with Crippen molar-refractivity contribution in [2.75, 3.05) is 42.7 Å². The number of aromatic amines is 1. The monoisotopic (exact) mass is 899 g/mol. The van der Waals surface area contributed by atoms with Gasteiger partial charge in [0, 0.05) is 42.7 Å². The van der Waals surface area contributed by atoms with Gasteiger partial charge in [0.05, 0.1) is 76.6 Å². The summed E-state index contributed by atoms with van der Waals surface area (Å²) in [4.78, 5) is 38.3. The van der Waals surface area contributed by atoms with Crippen LogP contribution in [0.15, 0.2) is 97.1 Å². The average molecular weight is 900 g/mol. The molecule has 0 aliphatic carbocycles. The van der Waals surface area contributed by atoms with Crippen LogP contribution in [0.3, 0.4) is 0 Å². The Bertz CT molecular complexity index is 3060. The van der Waals surface area contributed by atoms with Gasteiger partial charge in [-0.1, -0.05) is 24.3 Å². The molecule has 7 aromatic rings. The predicted octanol–water partition coefficient (Wildman–Crippen LogP) is 11.5. The third-order valence-corrected chi connectivity index (χ3v) is 12.5. The largest absolute Gasteiger partial charge is 0.493 e. The number of methoxy groups -OCH3 is 6. The number of hydrogen-bond acceptors (Lipinski definition) is 11. The zero-order valence-electron chi connectivity index (χ0n) is 36.5. The first-order valence-electron chi connectivity index (χ1n) is 20.4. The van der Waals surface area contributed by atoms with E-state index in [2.05, 4.69) is 4.98 Å². The van der Waals surface area contributed by atoms with Gasteiger partial charge < -0.3 is 43.6 Å². The van der Waals surface area contributed by atoms with Crippen LogP contribution >= 0.6 is 11.3 Å². The van der Waals surface area contributed by atoms with E-state index in [1.807, 2.05) is 72.8 Å². The van der Waals surface area contributed by atoms with Crippen molar-refractivity contribution in [2.45, 2.75) is 0 Å². The summed E-state index contributed by atoms with van der Waals surface area (Å²) in [7, 11) is 9.40. The van der Waals surface area contributed by atoms with Gasteiger partial charge in [0.1, 0.15) is 0 Å². The summed E-state index contributed by atoms with van der Waals surface area (Å²) in [5, 5.41) is 19.6. The molecule has 14 heteroatoms.